The van der Waals surface area contributed by atoms with Gasteiger partial charge in [-0.15, -0.1) is 0 Å². The van der Waals surface area contributed by atoms with Crippen molar-refractivity contribution in [1.82, 2.24) is 4.98 Å². The van der Waals surface area contributed by atoms with Gasteiger partial charge in [-0.05, 0) is 60.6 Å². The summed E-state index contributed by atoms with van der Waals surface area (Å²) >= 11 is 0. The maximum absolute atomic E-state index is 6.21. The first-order valence-electron chi connectivity index (χ1n) is 9.40. The predicted molar refractivity (Wildman–Crippen MR) is 112 cm³/mol. The summed E-state index contributed by atoms with van der Waals surface area (Å²) in [7, 11) is 0. The molecule has 4 rings (SSSR count). The van der Waals surface area contributed by atoms with Crippen LogP contribution in [0.1, 0.15) is 43.0 Å². The van der Waals surface area contributed by atoms with Crippen LogP contribution in [-0.4, -0.2) is 4.98 Å². The summed E-state index contributed by atoms with van der Waals surface area (Å²) in [5.74, 6) is 1.69. The number of rotatable bonds is 1. The zero-order valence-corrected chi connectivity index (χ0v) is 16.9. The van der Waals surface area contributed by atoms with E-state index in [4.69, 9.17) is 4.74 Å². The minimum absolute atomic E-state index is 0.120. The third-order valence-corrected chi connectivity index (χ3v) is 5.23. The van der Waals surface area contributed by atoms with Gasteiger partial charge in [-0.25, -0.2) is 0 Å². The number of fused-ring (bicyclic) bond motifs is 2. The molecule has 2 heterocycles. The number of hydrogen-bond acceptors (Lipinski definition) is 3. The number of anilines is 3. The fourth-order valence-corrected chi connectivity index (χ4v) is 3.80. The van der Waals surface area contributed by atoms with Gasteiger partial charge in [0.05, 0.1) is 23.3 Å². The Hall–Kier alpha value is -2.81. The van der Waals surface area contributed by atoms with E-state index in [2.05, 4.69) is 81.8 Å². The van der Waals surface area contributed by atoms with Gasteiger partial charge < -0.3 is 9.64 Å². The van der Waals surface area contributed by atoms with Crippen LogP contribution in [0.3, 0.4) is 0 Å². The molecule has 3 nitrogen and oxygen atoms in total. The van der Waals surface area contributed by atoms with Crippen molar-refractivity contribution in [3.63, 3.8) is 0 Å². The third kappa shape index (κ3) is 2.87. The number of aromatic nitrogens is 1. The van der Waals surface area contributed by atoms with Gasteiger partial charge in [0.1, 0.15) is 0 Å². The average Bonchev–Trinajstić information content (AvgIpc) is 2.60. The van der Waals surface area contributed by atoms with Crippen molar-refractivity contribution in [3.05, 3.63) is 71.0 Å². The first kappa shape index (κ1) is 17.6. The fourth-order valence-electron chi connectivity index (χ4n) is 3.80. The Balaban J connectivity index is 1.99. The SMILES string of the molecule is Cc1cccc2c1Oc1cnccc1N2c1c(C)cc(C(C)(C)C)cc1C. The van der Waals surface area contributed by atoms with Crippen LogP contribution in [0, 0.1) is 20.8 Å². The molecule has 0 unspecified atom stereocenters. The Morgan fingerprint density at radius 2 is 1.59 bits per heavy atom. The fraction of sp³-hybridized carbons (Fsp3) is 0.292. The first-order valence-corrected chi connectivity index (χ1v) is 9.40. The molecule has 0 N–H and O–H groups in total. The minimum atomic E-state index is 0.120. The number of aryl methyl sites for hydroxylation is 3. The van der Waals surface area contributed by atoms with Gasteiger partial charge in [-0.2, -0.15) is 0 Å². The van der Waals surface area contributed by atoms with Crippen LogP contribution in [0.15, 0.2) is 48.8 Å². The summed E-state index contributed by atoms with van der Waals surface area (Å²) in [5, 5.41) is 0. The summed E-state index contributed by atoms with van der Waals surface area (Å²) in [6, 6.07) is 13.0. The standard InChI is InChI=1S/C24H26N2O/c1-15-8-7-9-20-23(15)27-21-14-25-11-10-19(21)26(20)22-16(2)12-18(13-17(22)3)24(4,5)6/h7-14H,1-6H3. The van der Waals surface area contributed by atoms with E-state index in [1.54, 1.807) is 6.20 Å². The molecule has 3 heteroatoms. The highest BCUT2D eigenvalue weighted by atomic mass is 16.5. The van der Waals surface area contributed by atoms with Gasteiger partial charge in [0.2, 0.25) is 0 Å². The molecule has 0 aliphatic carbocycles. The Morgan fingerprint density at radius 1 is 0.889 bits per heavy atom. The highest BCUT2D eigenvalue weighted by molar-refractivity contribution is 5.88. The third-order valence-electron chi connectivity index (χ3n) is 5.23. The zero-order valence-electron chi connectivity index (χ0n) is 16.9. The number of hydrogen-bond donors (Lipinski definition) is 0. The topological polar surface area (TPSA) is 25.4 Å². The summed E-state index contributed by atoms with van der Waals surface area (Å²) in [6.07, 6.45) is 3.62. The van der Waals surface area contributed by atoms with Crippen molar-refractivity contribution >= 4 is 17.1 Å². The normalized spacial score (nSPS) is 13.0. The van der Waals surface area contributed by atoms with Crippen molar-refractivity contribution in [2.75, 3.05) is 4.90 Å². The van der Waals surface area contributed by atoms with E-state index in [9.17, 15) is 0 Å². The molecular formula is C24H26N2O. The molecule has 1 aliphatic rings. The molecule has 0 spiro atoms. The van der Waals surface area contributed by atoms with E-state index in [0.29, 0.717) is 0 Å². The minimum Gasteiger partial charge on any atom is -0.451 e. The molecule has 1 aliphatic heterocycles. The van der Waals surface area contributed by atoms with E-state index >= 15 is 0 Å². The predicted octanol–water partition coefficient (Wildman–Crippen LogP) is 6.88. The Labute approximate surface area is 161 Å². The molecule has 2 aromatic carbocycles. The molecule has 0 bridgehead atoms. The lowest BCUT2D eigenvalue weighted by atomic mass is 9.84. The van der Waals surface area contributed by atoms with Gasteiger partial charge in [0, 0.05) is 6.20 Å². The van der Waals surface area contributed by atoms with Crippen LogP contribution in [0.2, 0.25) is 0 Å². The van der Waals surface area contributed by atoms with Crippen molar-refractivity contribution in [2.45, 2.75) is 47.0 Å². The van der Waals surface area contributed by atoms with Gasteiger partial charge in [0.25, 0.3) is 0 Å². The highest BCUT2D eigenvalue weighted by Crippen LogP contribution is 2.52. The second-order valence-electron chi connectivity index (χ2n) is 8.41. The van der Waals surface area contributed by atoms with Crippen LogP contribution in [0.5, 0.6) is 11.5 Å². The largest absolute Gasteiger partial charge is 0.451 e. The van der Waals surface area contributed by atoms with Crippen LogP contribution in [-0.2, 0) is 5.41 Å². The monoisotopic (exact) mass is 358 g/mol. The number of nitrogens with zero attached hydrogens (tertiary/aromatic N) is 2. The Kier molecular flexibility index (Phi) is 3.99. The lowest BCUT2D eigenvalue weighted by Crippen LogP contribution is -2.19. The van der Waals surface area contributed by atoms with E-state index in [1.807, 2.05) is 12.3 Å². The summed E-state index contributed by atoms with van der Waals surface area (Å²) < 4.78 is 6.21. The molecule has 27 heavy (non-hydrogen) atoms. The number of benzene rings is 2. The highest BCUT2D eigenvalue weighted by Gasteiger charge is 2.29. The molecule has 0 saturated heterocycles. The maximum Gasteiger partial charge on any atom is 0.169 e. The van der Waals surface area contributed by atoms with Gasteiger partial charge in [-0.1, -0.05) is 45.0 Å². The quantitative estimate of drug-likeness (QED) is 0.371. The molecule has 138 valence electrons. The van der Waals surface area contributed by atoms with Crippen molar-refractivity contribution in [1.29, 1.82) is 0 Å². The molecule has 0 amide bonds. The Morgan fingerprint density at radius 3 is 2.26 bits per heavy atom. The van der Waals surface area contributed by atoms with Gasteiger partial charge in [0.15, 0.2) is 11.5 Å². The van der Waals surface area contributed by atoms with E-state index in [-0.39, 0.29) is 5.41 Å². The Bertz CT molecular complexity index is 1010. The van der Waals surface area contributed by atoms with Crippen LogP contribution in [0.25, 0.3) is 0 Å². The second-order valence-corrected chi connectivity index (χ2v) is 8.41. The van der Waals surface area contributed by atoms with Crippen LogP contribution >= 0.6 is 0 Å². The van der Waals surface area contributed by atoms with Crippen molar-refractivity contribution < 1.29 is 4.74 Å². The number of ether oxygens (including phenoxy) is 1. The van der Waals surface area contributed by atoms with E-state index in [0.717, 1.165) is 28.4 Å². The summed E-state index contributed by atoms with van der Waals surface area (Å²) in [5.41, 5.74) is 8.43. The molecule has 1 aromatic heterocycles. The second kappa shape index (κ2) is 6.12. The van der Waals surface area contributed by atoms with Crippen LogP contribution < -0.4 is 9.64 Å². The van der Waals surface area contributed by atoms with E-state index < -0.39 is 0 Å². The molecule has 0 fully saturated rings. The van der Waals surface area contributed by atoms with E-state index in [1.165, 1.54) is 22.4 Å². The lowest BCUT2D eigenvalue weighted by molar-refractivity contribution is 0.471. The van der Waals surface area contributed by atoms with Crippen molar-refractivity contribution in [2.24, 2.45) is 0 Å². The molecule has 0 saturated carbocycles. The van der Waals surface area contributed by atoms with Crippen molar-refractivity contribution in [3.8, 4) is 11.5 Å². The molecule has 3 aromatic rings. The molecular weight excluding hydrogens is 332 g/mol. The lowest BCUT2D eigenvalue weighted by Gasteiger charge is -2.35. The smallest absolute Gasteiger partial charge is 0.169 e. The zero-order chi connectivity index (χ0) is 19.3. The maximum atomic E-state index is 6.21. The van der Waals surface area contributed by atoms with Gasteiger partial charge >= 0.3 is 0 Å². The van der Waals surface area contributed by atoms with Gasteiger partial charge in [-0.3, -0.25) is 4.98 Å². The average molecular weight is 358 g/mol. The summed E-state index contributed by atoms with van der Waals surface area (Å²) in [4.78, 5) is 6.59. The first-order chi connectivity index (χ1) is 12.8. The summed E-state index contributed by atoms with van der Waals surface area (Å²) in [6.45, 7) is 13.3. The molecule has 0 radical (unpaired) electrons. The molecule has 0 atom stereocenters. The van der Waals surface area contributed by atoms with Crippen LogP contribution in [0.4, 0.5) is 17.1 Å². The number of para-hydroxylation sites is 1. The number of pyridine rings is 1.